The quantitative estimate of drug-likeness (QED) is 0.253. The van der Waals surface area contributed by atoms with Gasteiger partial charge in [-0.3, -0.25) is 4.57 Å². The van der Waals surface area contributed by atoms with Crippen molar-refractivity contribution in [1.29, 1.82) is 0 Å². The number of rotatable bonds is 3. The lowest BCUT2D eigenvalue weighted by molar-refractivity contribution is -0.659. The van der Waals surface area contributed by atoms with Gasteiger partial charge in [0, 0.05) is 51.6 Å². The Balaban J connectivity index is 1.46. The molecule has 38 heavy (non-hydrogen) atoms. The number of benzene rings is 4. The minimum Gasteiger partial charge on any atom is -0.309 e. The van der Waals surface area contributed by atoms with E-state index in [0.717, 1.165) is 33.7 Å². The Hall–Kier alpha value is -5.29. The summed E-state index contributed by atoms with van der Waals surface area (Å²) in [5.41, 5.74) is 6.71. The first-order chi connectivity index (χ1) is 18.9. The lowest BCUT2D eigenvalue weighted by Crippen LogP contribution is -2.33. The molecule has 8 rings (SSSR count). The van der Waals surface area contributed by atoms with Crippen LogP contribution in [0.2, 0.25) is 0 Å². The molecular formula is C33H22N5+. The minimum atomic E-state index is 0.909. The summed E-state index contributed by atoms with van der Waals surface area (Å²) in [6, 6.07) is 40.5. The Bertz CT molecular complexity index is 2120. The highest BCUT2D eigenvalue weighted by Crippen LogP contribution is 2.36. The molecule has 0 saturated heterocycles. The number of para-hydroxylation sites is 2. The van der Waals surface area contributed by atoms with Gasteiger partial charge in [-0.2, -0.15) is 0 Å². The van der Waals surface area contributed by atoms with E-state index in [1.54, 1.807) is 0 Å². The van der Waals surface area contributed by atoms with E-state index in [2.05, 4.69) is 105 Å². The van der Waals surface area contributed by atoms with Gasteiger partial charge in [-0.05, 0) is 53.6 Å². The standard InChI is InChI=1S/C33H22N5/c1-3-11-29-25(9-1)27-16-14-23(36-20-8-7-19-35-36)21-31(27)37(29)24-15-17-28-26-10-2-4-12-30(26)38(32(28)22-24)33-13-5-6-18-34-33/h1-22H/q+1. The third-order valence-corrected chi connectivity index (χ3v) is 7.33. The fourth-order valence-electron chi connectivity index (χ4n) is 5.69. The maximum Gasteiger partial charge on any atom is 0.240 e. The predicted molar refractivity (Wildman–Crippen MR) is 152 cm³/mol. The molecule has 0 aliphatic heterocycles. The summed E-state index contributed by atoms with van der Waals surface area (Å²) in [6.07, 6.45) is 5.64. The van der Waals surface area contributed by atoms with Crippen LogP contribution in [0.5, 0.6) is 0 Å². The molecule has 178 valence electrons. The second-order valence-corrected chi connectivity index (χ2v) is 9.44. The van der Waals surface area contributed by atoms with Crippen LogP contribution in [-0.2, 0) is 0 Å². The van der Waals surface area contributed by atoms with Crippen molar-refractivity contribution in [3.63, 3.8) is 0 Å². The minimum absolute atomic E-state index is 0.909. The molecule has 0 bridgehead atoms. The average Bonchev–Trinajstić information content (AvgIpc) is 3.50. The van der Waals surface area contributed by atoms with Crippen molar-refractivity contribution in [3.8, 4) is 17.2 Å². The molecule has 0 N–H and O–H groups in total. The van der Waals surface area contributed by atoms with Gasteiger partial charge in [0.2, 0.25) is 11.9 Å². The van der Waals surface area contributed by atoms with Gasteiger partial charge in [0.1, 0.15) is 5.82 Å². The van der Waals surface area contributed by atoms with Crippen molar-refractivity contribution < 1.29 is 4.68 Å². The van der Waals surface area contributed by atoms with Gasteiger partial charge < -0.3 is 4.57 Å². The zero-order chi connectivity index (χ0) is 25.1. The van der Waals surface area contributed by atoms with Crippen LogP contribution in [-0.4, -0.2) is 19.2 Å². The van der Waals surface area contributed by atoms with Crippen LogP contribution >= 0.6 is 0 Å². The van der Waals surface area contributed by atoms with Crippen LogP contribution in [0.4, 0.5) is 0 Å². The molecule has 0 unspecified atom stereocenters. The first-order valence-electron chi connectivity index (χ1n) is 12.7. The van der Waals surface area contributed by atoms with Crippen LogP contribution in [0.3, 0.4) is 0 Å². The summed E-state index contributed by atoms with van der Waals surface area (Å²) < 4.78 is 6.53. The summed E-state index contributed by atoms with van der Waals surface area (Å²) in [5, 5.41) is 9.39. The molecule has 0 spiro atoms. The third kappa shape index (κ3) is 3.02. The molecule has 0 atom stereocenters. The van der Waals surface area contributed by atoms with Gasteiger partial charge in [0.05, 0.1) is 28.3 Å². The number of hydrogen-bond acceptors (Lipinski definition) is 2. The van der Waals surface area contributed by atoms with Crippen molar-refractivity contribution in [1.82, 2.24) is 19.2 Å². The molecule has 8 aromatic rings. The van der Waals surface area contributed by atoms with Crippen molar-refractivity contribution in [2.24, 2.45) is 0 Å². The molecule has 0 aliphatic carbocycles. The summed E-state index contributed by atoms with van der Waals surface area (Å²) in [6.45, 7) is 0. The van der Waals surface area contributed by atoms with Crippen LogP contribution in [0, 0.1) is 0 Å². The Kier molecular flexibility index (Phi) is 4.45. The van der Waals surface area contributed by atoms with Crippen LogP contribution in [0.1, 0.15) is 0 Å². The number of fused-ring (bicyclic) bond motifs is 6. The summed E-state index contributed by atoms with van der Waals surface area (Å²) in [5.74, 6) is 0.909. The van der Waals surface area contributed by atoms with Gasteiger partial charge >= 0.3 is 0 Å². The SMILES string of the molecule is c1ccc(-n2c3ccccc3c3ccc(-n4c5ccccc5c5ccc(-[n+]6ccccn6)cc54)cc32)nc1. The fourth-order valence-corrected chi connectivity index (χ4v) is 5.69. The fraction of sp³-hybridized carbons (Fsp3) is 0. The lowest BCUT2D eigenvalue weighted by atomic mass is 10.1. The summed E-state index contributed by atoms with van der Waals surface area (Å²) in [7, 11) is 0. The van der Waals surface area contributed by atoms with E-state index in [0.29, 0.717) is 0 Å². The average molecular weight is 489 g/mol. The molecule has 0 aliphatic rings. The number of pyridine rings is 1. The van der Waals surface area contributed by atoms with E-state index in [4.69, 9.17) is 4.98 Å². The molecule has 5 heteroatoms. The van der Waals surface area contributed by atoms with Gasteiger partial charge in [-0.1, -0.05) is 53.2 Å². The van der Waals surface area contributed by atoms with Crippen molar-refractivity contribution in [2.45, 2.75) is 0 Å². The van der Waals surface area contributed by atoms with Crippen LogP contribution in [0.25, 0.3) is 60.8 Å². The maximum atomic E-state index is 4.71. The monoisotopic (exact) mass is 488 g/mol. The second kappa shape index (κ2) is 8.11. The van der Waals surface area contributed by atoms with E-state index in [9.17, 15) is 0 Å². The molecule has 4 aromatic carbocycles. The van der Waals surface area contributed by atoms with Crippen molar-refractivity contribution in [2.75, 3.05) is 0 Å². The second-order valence-electron chi connectivity index (χ2n) is 9.44. The first-order valence-corrected chi connectivity index (χ1v) is 12.7. The zero-order valence-corrected chi connectivity index (χ0v) is 20.4. The summed E-state index contributed by atoms with van der Waals surface area (Å²) in [4.78, 5) is 4.71. The highest BCUT2D eigenvalue weighted by molar-refractivity contribution is 6.12. The topological polar surface area (TPSA) is 39.5 Å². The molecule has 0 fully saturated rings. The number of hydrogen-bond donors (Lipinski definition) is 0. The largest absolute Gasteiger partial charge is 0.309 e. The van der Waals surface area contributed by atoms with Gasteiger partial charge in [0.15, 0.2) is 0 Å². The third-order valence-electron chi connectivity index (χ3n) is 7.33. The Labute approximate surface area is 218 Å². The van der Waals surface area contributed by atoms with Gasteiger partial charge in [0.25, 0.3) is 0 Å². The molecule has 4 aromatic heterocycles. The van der Waals surface area contributed by atoms with E-state index in [1.807, 2.05) is 47.5 Å². The zero-order valence-electron chi connectivity index (χ0n) is 20.4. The number of aromatic nitrogens is 5. The Morgan fingerprint density at radius 2 is 1.16 bits per heavy atom. The molecule has 0 amide bonds. The normalized spacial score (nSPS) is 11.7. The van der Waals surface area contributed by atoms with E-state index in [-0.39, 0.29) is 0 Å². The molecule has 4 heterocycles. The molecule has 5 nitrogen and oxygen atoms in total. The maximum absolute atomic E-state index is 4.71. The van der Waals surface area contributed by atoms with E-state index >= 15 is 0 Å². The predicted octanol–water partition coefficient (Wildman–Crippen LogP) is 6.95. The van der Waals surface area contributed by atoms with E-state index < -0.39 is 0 Å². The highest BCUT2D eigenvalue weighted by atomic mass is 15.3. The number of nitrogens with zero attached hydrogens (tertiary/aromatic N) is 5. The van der Waals surface area contributed by atoms with Crippen molar-refractivity contribution in [3.05, 3.63) is 134 Å². The molecular weight excluding hydrogens is 466 g/mol. The Morgan fingerprint density at radius 1 is 0.500 bits per heavy atom. The Morgan fingerprint density at radius 3 is 1.89 bits per heavy atom. The van der Waals surface area contributed by atoms with Crippen molar-refractivity contribution >= 4 is 43.6 Å². The van der Waals surface area contributed by atoms with E-state index in [1.165, 1.54) is 27.1 Å². The summed E-state index contributed by atoms with van der Waals surface area (Å²) >= 11 is 0. The lowest BCUT2D eigenvalue weighted by Gasteiger charge is -2.10. The molecule has 0 radical (unpaired) electrons. The van der Waals surface area contributed by atoms with Gasteiger partial charge in [-0.15, -0.1) is 0 Å². The van der Waals surface area contributed by atoms with Crippen LogP contribution < -0.4 is 4.68 Å². The smallest absolute Gasteiger partial charge is 0.240 e. The molecule has 0 saturated carbocycles. The first kappa shape index (κ1) is 20.9. The highest BCUT2D eigenvalue weighted by Gasteiger charge is 2.18. The van der Waals surface area contributed by atoms with Gasteiger partial charge in [-0.25, -0.2) is 4.98 Å². The van der Waals surface area contributed by atoms with Crippen LogP contribution in [0.15, 0.2) is 134 Å².